The Morgan fingerprint density at radius 2 is 2.19 bits per heavy atom. The number of rotatable bonds is 3. The van der Waals surface area contributed by atoms with Crippen LogP contribution in [-0.2, 0) is 16.6 Å². The zero-order valence-corrected chi connectivity index (χ0v) is 15.9. The largest absolute Gasteiger partial charge is 0.493 e. The number of hydrogen-bond donors (Lipinski definition) is 1. The lowest BCUT2D eigenvalue weighted by Crippen LogP contribution is -2.76. The SMILES string of the molecule is COc1ccc2c3c1O[C@H]1C(=O)CC[C@@]4(O)[C@@H](C2)N(CC2CCC2)CC[C@]314. The van der Waals surface area contributed by atoms with Gasteiger partial charge in [-0.2, -0.15) is 0 Å². The first-order valence-corrected chi connectivity index (χ1v) is 10.4. The molecule has 0 unspecified atom stereocenters. The number of ketones is 1. The number of benzene rings is 1. The topological polar surface area (TPSA) is 59.0 Å². The van der Waals surface area contributed by atoms with E-state index in [9.17, 15) is 9.90 Å². The number of carbonyl (C=O) groups is 1. The van der Waals surface area contributed by atoms with E-state index in [4.69, 9.17) is 9.47 Å². The van der Waals surface area contributed by atoms with Crippen LogP contribution in [0.1, 0.15) is 49.7 Å². The molecule has 144 valence electrons. The van der Waals surface area contributed by atoms with Crippen molar-refractivity contribution in [3.63, 3.8) is 0 Å². The summed E-state index contributed by atoms with van der Waals surface area (Å²) < 4.78 is 11.8. The molecule has 6 rings (SSSR count). The van der Waals surface area contributed by atoms with Crippen LogP contribution in [0.3, 0.4) is 0 Å². The lowest BCUT2D eigenvalue weighted by Gasteiger charge is -2.63. The fourth-order valence-electron chi connectivity index (χ4n) is 6.79. The minimum absolute atomic E-state index is 0.0814. The Hall–Kier alpha value is -1.59. The molecule has 0 amide bonds. The van der Waals surface area contributed by atoms with E-state index in [2.05, 4.69) is 11.0 Å². The molecule has 3 fully saturated rings. The highest BCUT2D eigenvalue weighted by Gasteiger charge is 2.73. The van der Waals surface area contributed by atoms with Crippen molar-refractivity contribution in [2.45, 2.75) is 68.1 Å². The van der Waals surface area contributed by atoms with Crippen LogP contribution in [0.15, 0.2) is 12.1 Å². The molecule has 27 heavy (non-hydrogen) atoms. The van der Waals surface area contributed by atoms with Crippen molar-refractivity contribution in [1.29, 1.82) is 0 Å². The van der Waals surface area contributed by atoms with Crippen molar-refractivity contribution in [3.05, 3.63) is 23.3 Å². The molecule has 5 aliphatic rings. The number of aliphatic hydroxyl groups is 1. The fourth-order valence-corrected chi connectivity index (χ4v) is 6.79. The van der Waals surface area contributed by atoms with Crippen LogP contribution in [0.5, 0.6) is 11.5 Å². The highest BCUT2D eigenvalue weighted by atomic mass is 16.5. The molecule has 0 aromatic heterocycles. The maximum atomic E-state index is 12.9. The van der Waals surface area contributed by atoms with Crippen LogP contribution in [0.25, 0.3) is 0 Å². The maximum absolute atomic E-state index is 12.9. The summed E-state index contributed by atoms with van der Waals surface area (Å²) in [6.07, 6.45) is 5.99. The molecule has 1 N–H and O–H groups in total. The van der Waals surface area contributed by atoms with Gasteiger partial charge >= 0.3 is 0 Å². The molecular formula is C22H27NO4. The van der Waals surface area contributed by atoms with E-state index in [1.54, 1.807) is 7.11 Å². The first kappa shape index (κ1) is 16.4. The second kappa shape index (κ2) is 5.26. The molecule has 5 nitrogen and oxygen atoms in total. The van der Waals surface area contributed by atoms with Crippen LogP contribution in [-0.4, -0.2) is 53.7 Å². The fraction of sp³-hybridized carbons (Fsp3) is 0.682. The lowest BCUT2D eigenvalue weighted by atomic mass is 9.49. The summed E-state index contributed by atoms with van der Waals surface area (Å²) in [7, 11) is 1.64. The van der Waals surface area contributed by atoms with Crippen LogP contribution in [0.2, 0.25) is 0 Å². The number of Topliss-reactive ketones (excluding diaryl/α,β-unsaturated/α-hetero) is 1. The molecule has 1 aromatic rings. The van der Waals surface area contributed by atoms with Gasteiger partial charge in [-0.05, 0) is 56.2 Å². The minimum atomic E-state index is -0.891. The van der Waals surface area contributed by atoms with Gasteiger partial charge in [0, 0.05) is 24.6 Å². The van der Waals surface area contributed by atoms with Crippen LogP contribution in [0, 0.1) is 5.92 Å². The van der Waals surface area contributed by atoms with Crippen molar-refractivity contribution >= 4 is 5.78 Å². The molecule has 5 heteroatoms. The Kier molecular flexibility index (Phi) is 3.19. The van der Waals surface area contributed by atoms with Gasteiger partial charge in [-0.15, -0.1) is 0 Å². The highest BCUT2D eigenvalue weighted by Crippen LogP contribution is 2.64. The van der Waals surface area contributed by atoms with Gasteiger partial charge in [0.25, 0.3) is 0 Å². The van der Waals surface area contributed by atoms with Gasteiger partial charge < -0.3 is 14.6 Å². The van der Waals surface area contributed by atoms with Gasteiger partial charge in [-0.1, -0.05) is 12.5 Å². The number of carbonyl (C=O) groups excluding carboxylic acids is 1. The van der Waals surface area contributed by atoms with Crippen molar-refractivity contribution in [3.8, 4) is 11.5 Å². The van der Waals surface area contributed by atoms with Gasteiger partial charge in [-0.25, -0.2) is 0 Å². The first-order chi connectivity index (χ1) is 13.1. The average Bonchev–Trinajstić information content (AvgIpc) is 2.98. The van der Waals surface area contributed by atoms with Gasteiger partial charge in [0.05, 0.1) is 18.1 Å². The molecule has 1 saturated heterocycles. The number of methoxy groups -OCH3 is 1. The Labute approximate surface area is 159 Å². The Balaban J connectivity index is 1.53. The first-order valence-electron chi connectivity index (χ1n) is 10.4. The predicted octanol–water partition coefficient (Wildman–Crippen LogP) is 2.22. The van der Waals surface area contributed by atoms with Crippen LogP contribution in [0.4, 0.5) is 0 Å². The quantitative estimate of drug-likeness (QED) is 0.885. The van der Waals surface area contributed by atoms with E-state index >= 15 is 0 Å². The molecule has 0 radical (unpaired) electrons. The van der Waals surface area contributed by atoms with E-state index < -0.39 is 17.1 Å². The van der Waals surface area contributed by atoms with Gasteiger partial charge in [0.1, 0.15) is 0 Å². The third kappa shape index (κ3) is 1.81. The Morgan fingerprint density at radius 3 is 2.93 bits per heavy atom. The standard InChI is InChI=1S/C22H27NO4/c1-26-16-6-5-14-11-17-22(25)8-7-15(24)20-21(22,18(14)19(16)27-20)9-10-23(17)12-13-3-2-4-13/h5-6,13,17,20,25H,2-4,7-12H2,1H3/t17-,20+,21+,22-/m1/s1. The van der Waals surface area contributed by atoms with Gasteiger partial charge in [-0.3, -0.25) is 9.69 Å². The Bertz CT molecular complexity index is 834. The van der Waals surface area contributed by atoms with Gasteiger partial charge in [0.15, 0.2) is 23.4 Å². The lowest BCUT2D eigenvalue weighted by molar-refractivity contribution is -0.190. The van der Waals surface area contributed by atoms with E-state index in [1.807, 2.05) is 6.07 Å². The van der Waals surface area contributed by atoms with Gasteiger partial charge in [0.2, 0.25) is 0 Å². The molecule has 3 aliphatic carbocycles. The third-order valence-electron chi connectivity index (χ3n) is 8.29. The number of nitrogens with zero attached hydrogens (tertiary/aromatic N) is 1. The second-order valence-electron chi connectivity index (χ2n) is 9.25. The Morgan fingerprint density at radius 1 is 1.33 bits per heavy atom. The summed E-state index contributed by atoms with van der Waals surface area (Å²) in [5.41, 5.74) is 0.816. The second-order valence-corrected chi connectivity index (χ2v) is 9.25. The van der Waals surface area contributed by atoms with E-state index in [0.717, 1.165) is 37.4 Å². The number of likely N-dealkylation sites (tertiary alicyclic amines) is 1. The van der Waals surface area contributed by atoms with E-state index in [1.165, 1.54) is 24.8 Å². The summed E-state index contributed by atoms with van der Waals surface area (Å²) in [6, 6.07) is 4.17. The van der Waals surface area contributed by atoms with Crippen molar-refractivity contribution < 1.29 is 19.4 Å². The molecule has 4 atom stereocenters. The molecule has 2 aliphatic heterocycles. The summed E-state index contributed by atoms with van der Waals surface area (Å²) in [6.45, 7) is 2.02. The third-order valence-corrected chi connectivity index (χ3v) is 8.29. The van der Waals surface area contributed by atoms with Crippen LogP contribution < -0.4 is 9.47 Å². The number of piperidine rings is 1. The highest BCUT2D eigenvalue weighted by molar-refractivity contribution is 5.90. The molecule has 1 aromatic carbocycles. The average molecular weight is 369 g/mol. The van der Waals surface area contributed by atoms with Crippen molar-refractivity contribution in [2.24, 2.45) is 5.92 Å². The van der Waals surface area contributed by atoms with Crippen LogP contribution >= 0.6 is 0 Å². The normalized spacial score (nSPS) is 39.6. The summed E-state index contributed by atoms with van der Waals surface area (Å²) in [5.74, 6) is 2.30. The molecule has 2 bridgehead atoms. The predicted molar refractivity (Wildman–Crippen MR) is 99.3 cm³/mol. The van der Waals surface area contributed by atoms with Crippen molar-refractivity contribution in [1.82, 2.24) is 4.90 Å². The number of ether oxygens (including phenoxy) is 2. The maximum Gasteiger partial charge on any atom is 0.174 e. The zero-order chi connectivity index (χ0) is 18.4. The van der Waals surface area contributed by atoms with E-state index in [-0.39, 0.29) is 11.8 Å². The van der Waals surface area contributed by atoms with Crippen molar-refractivity contribution in [2.75, 3.05) is 20.2 Å². The zero-order valence-electron chi connectivity index (χ0n) is 15.9. The molecular weight excluding hydrogens is 342 g/mol. The summed E-state index contributed by atoms with van der Waals surface area (Å²) in [4.78, 5) is 15.4. The van der Waals surface area contributed by atoms with E-state index in [0.29, 0.717) is 24.3 Å². The summed E-state index contributed by atoms with van der Waals surface area (Å²) >= 11 is 0. The number of hydrogen-bond acceptors (Lipinski definition) is 5. The smallest absolute Gasteiger partial charge is 0.174 e. The molecule has 2 heterocycles. The molecule has 2 saturated carbocycles. The molecule has 1 spiro atoms. The minimum Gasteiger partial charge on any atom is -0.493 e. The monoisotopic (exact) mass is 369 g/mol. The summed E-state index contributed by atoms with van der Waals surface area (Å²) in [5, 5.41) is 12.2.